The molecular formula is C15H20F2N4O2. The number of aliphatic hydroxyl groups excluding tert-OH is 1. The van der Waals surface area contributed by atoms with Crippen molar-refractivity contribution >= 4 is 0 Å². The first-order valence-electron chi connectivity index (χ1n) is 7.13. The predicted molar refractivity (Wildman–Crippen MR) is 80.1 cm³/mol. The molecule has 1 N–H and O–H groups in total. The second-order valence-corrected chi connectivity index (χ2v) is 5.38. The number of hydrogen-bond acceptors (Lipinski definition) is 5. The van der Waals surface area contributed by atoms with Crippen LogP contribution >= 0.6 is 0 Å². The number of aryl methyl sites for hydroxylation is 1. The molecule has 1 aromatic heterocycles. The smallest absolute Gasteiger partial charge is 0.387 e. The molecule has 0 saturated carbocycles. The highest BCUT2D eigenvalue weighted by Crippen LogP contribution is 2.20. The van der Waals surface area contributed by atoms with Gasteiger partial charge in [0.15, 0.2) is 0 Å². The molecule has 0 aliphatic carbocycles. The fourth-order valence-electron chi connectivity index (χ4n) is 2.17. The van der Waals surface area contributed by atoms with Gasteiger partial charge in [0.1, 0.15) is 17.4 Å². The number of nitrogens with zero attached hydrogens (tertiary/aromatic N) is 4. The highest BCUT2D eigenvalue weighted by Gasteiger charge is 2.14. The highest BCUT2D eigenvalue weighted by molar-refractivity contribution is 5.28. The molecule has 0 radical (unpaired) electrons. The fourth-order valence-corrected chi connectivity index (χ4v) is 2.17. The summed E-state index contributed by atoms with van der Waals surface area (Å²) in [7, 11) is 3.75. The molecule has 0 amide bonds. The van der Waals surface area contributed by atoms with E-state index in [4.69, 9.17) is 0 Å². The zero-order chi connectivity index (χ0) is 17.0. The molecule has 1 atom stereocenters. The van der Waals surface area contributed by atoms with Gasteiger partial charge in [0, 0.05) is 13.6 Å². The average molecular weight is 326 g/mol. The maximum Gasteiger partial charge on any atom is 0.387 e. The van der Waals surface area contributed by atoms with Crippen LogP contribution in [0.5, 0.6) is 5.75 Å². The van der Waals surface area contributed by atoms with Gasteiger partial charge in [0.25, 0.3) is 0 Å². The quantitative estimate of drug-likeness (QED) is 0.842. The van der Waals surface area contributed by atoms with Crippen molar-refractivity contribution in [3.8, 4) is 5.75 Å². The molecule has 0 fully saturated rings. The van der Waals surface area contributed by atoms with E-state index >= 15 is 0 Å². The summed E-state index contributed by atoms with van der Waals surface area (Å²) in [4.78, 5) is 1.91. The number of alkyl halides is 2. The van der Waals surface area contributed by atoms with Crippen LogP contribution in [0.3, 0.4) is 0 Å². The van der Waals surface area contributed by atoms with Crippen molar-refractivity contribution in [3.05, 3.63) is 41.5 Å². The summed E-state index contributed by atoms with van der Waals surface area (Å²) in [5.74, 6) is 1.69. The van der Waals surface area contributed by atoms with Gasteiger partial charge in [-0.25, -0.2) is 0 Å². The number of rotatable bonds is 7. The van der Waals surface area contributed by atoms with Crippen LogP contribution in [0, 0.1) is 6.92 Å². The Labute approximate surface area is 133 Å². The van der Waals surface area contributed by atoms with E-state index in [0.29, 0.717) is 18.7 Å². The Morgan fingerprint density at radius 3 is 2.43 bits per heavy atom. The molecule has 6 nitrogen and oxygen atoms in total. The predicted octanol–water partition coefficient (Wildman–Crippen LogP) is 1.89. The molecule has 23 heavy (non-hydrogen) atoms. The zero-order valence-electron chi connectivity index (χ0n) is 13.3. The average Bonchev–Trinajstić information content (AvgIpc) is 2.79. The van der Waals surface area contributed by atoms with E-state index in [1.54, 1.807) is 12.1 Å². The van der Waals surface area contributed by atoms with Gasteiger partial charge in [0.05, 0.1) is 12.6 Å². The lowest BCUT2D eigenvalue weighted by Crippen LogP contribution is -2.25. The van der Waals surface area contributed by atoms with Crippen LogP contribution in [-0.2, 0) is 13.6 Å². The van der Waals surface area contributed by atoms with Gasteiger partial charge in [-0.3, -0.25) is 4.90 Å². The Bertz CT molecular complexity index is 631. The monoisotopic (exact) mass is 326 g/mol. The second kappa shape index (κ2) is 7.47. The summed E-state index contributed by atoms with van der Waals surface area (Å²) < 4.78 is 30.4. The van der Waals surface area contributed by atoms with Gasteiger partial charge < -0.3 is 14.4 Å². The van der Waals surface area contributed by atoms with Crippen LogP contribution in [-0.4, -0.2) is 45.0 Å². The van der Waals surface area contributed by atoms with Gasteiger partial charge in [0.2, 0.25) is 0 Å². The summed E-state index contributed by atoms with van der Waals surface area (Å²) in [6.07, 6.45) is -0.741. The largest absolute Gasteiger partial charge is 0.435 e. The van der Waals surface area contributed by atoms with Crippen LogP contribution in [0.2, 0.25) is 0 Å². The van der Waals surface area contributed by atoms with Crippen LogP contribution in [0.4, 0.5) is 8.78 Å². The molecule has 0 spiro atoms. The van der Waals surface area contributed by atoms with E-state index in [2.05, 4.69) is 14.9 Å². The Morgan fingerprint density at radius 1 is 1.26 bits per heavy atom. The van der Waals surface area contributed by atoms with E-state index in [1.165, 1.54) is 12.1 Å². The van der Waals surface area contributed by atoms with Crippen LogP contribution in [0.1, 0.15) is 23.3 Å². The van der Waals surface area contributed by atoms with E-state index in [-0.39, 0.29) is 5.75 Å². The fraction of sp³-hybridized carbons (Fsp3) is 0.467. The Balaban J connectivity index is 1.92. The van der Waals surface area contributed by atoms with Crippen LogP contribution < -0.4 is 4.74 Å². The third-order valence-corrected chi connectivity index (χ3v) is 3.57. The molecular weight excluding hydrogens is 306 g/mol. The number of aromatic nitrogens is 3. The molecule has 1 unspecified atom stereocenters. The Hall–Kier alpha value is -2.06. The second-order valence-electron chi connectivity index (χ2n) is 5.38. The van der Waals surface area contributed by atoms with Crippen molar-refractivity contribution in [1.82, 2.24) is 19.7 Å². The first-order valence-corrected chi connectivity index (χ1v) is 7.13. The number of halogens is 2. The van der Waals surface area contributed by atoms with E-state index in [1.807, 2.05) is 30.5 Å². The van der Waals surface area contributed by atoms with Gasteiger partial charge in [-0.1, -0.05) is 12.1 Å². The molecule has 8 heteroatoms. The summed E-state index contributed by atoms with van der Waals surface area (Å²) >= 11 is 0. The van der Waals surface area contributed by atoms with E-state index in [0.717, 1.165) is 11.6 Å². The topological polar surface area (TPSA) is 63.4 Å². The zero-order valence-corrected chi connectivity index (χ0v) is 13.3. The molecule has 2 rings (SSSR count). The Morgan fingerprint density at radius 2 is 1.91 bits per heavy atom. The van der Waals surface area contributed by atoms with Crippen LogP contribution in [0.25, 0.3) is 0 Å². The van der Waals surface area contributed by atoms with Crippen molar-refractivity contribution in [1.29, 1.82) is 0 Å². The number of aliphatic hydroxyl groups is 1. The normalized spacial score (nSPS) is 12.9. The van der Waals surface area contributed by atoms with Gasteiger partial charge >= 0.3 is 6.61 Å². The molecule has 2 aromatic rings. The first kappa shape index (κ1) is 17.3. The lowest BCUT2D eigenvalue weighted by Gasteiger charge is -2.20. The SMILES string of the molecule is Cc1nnc(CN(C)CC(O)c2ccc(OC(F)F)cc2)n1C. The third kappa shape index (κ3) is 4.70. The number of benzene rings is 1. The first-order chi connectivity index (χ1) is 10.9. The van der Waals surface area contributed by atoms with Crippen molar-refractivity contribution < 1.29 is 18.6 Å². The van der Waals surface area contributed by atoms with E-state index in [9.17, 15) is 13.9 Å². The summed E-state index contributed by atoms with van der Waals surface area (Å²) in [6, 6.07) is 5.97. The maximum atomic E-state index is 12.1. The number of ether oxygens (including phenoxy) is 1. The minimum absolute atomic E-state index is 0.0684. The lowest BCUT2D eigenvalue weighted by atomic mass is 10.1. The number of hydrogen-bond donors (Lipinski definition) is 1. The molecule has 1 heterocycles. The van der Waals surface area contributed by atoms with Gasteiger partial charge in [-0.2, -0.15) is 8.78 Å². The van der Waals surface area contributed by atoms with Crippen molar-refractivity contribution in [3.63, 3.8) is 0 Å². The van der Waals surface area contributed by atoms with Crippen molar-refractivity contribution in [2.75, 3.05) is 13.6 Å². The van der Waals surface area contributed by atoms with E-state index < -0.39 is 12.7 Å². The summed E-state index contributed by atoms with van der Waals surface area (Å²) in [5.41, 5.74) is 0.632. The molecule has 126 valence electrons. The van der Waals surface area contributed by atoms with Crippen molar-refractivity contribution in [2.24, 2.45) is 7.05 Å². The lowest BCUT2D eigenvalue weighted by molar-refractivity contribution is -0.0498. The van der Waals surface area contributed by atoms with Gasteiger partial charge in [-0.05, 0) is 31.7 Å². The minimum Gasteiger partial charge on any atom is -0.435 e. The van der Waals surface area contributed by atoms with Gasteiger partial charge in [-0.15, -0.1) is 10.2 Å². The molecule has 0 saturated heterocycles. The third-order valence-electron chi connectivity index (χ3n) is 3.57. The molecule has 1 aromatic carbocycles. The molecule has 0 aliphatic heterocycles. The number of likely N-dealkylation sites (N-methyl/N-ethyl adjacent to an activating group) is 1. The minimum atomic E-state index is -2.85. The summed E-state index contributed by atoms with van der Waals surface area (Å²) in [6.45, 7) is -0.0669. The van der Waals surface area contributed by atoms with Crippen molar-refractivity contribution in [2.45, 2.75) is 26.2 Å². The van der Waals surface area contributed by atoms with Crippen LogP contribution in [0.15, 0.2) is 24.3 Å². The summed E-state index contributed by atoms with van der Waals surface area (Å²) in [5, 5.41) is 18.3. The standard InChI is InChI=1S/C15H20F2N4O2/c1-10-18-19-14(21(10)3)9-20(2)8-13(22)11-4-6-12(7-5-11)23-15(16)17/h4-7,13,15,22H,8-9H2,1-3H3. The Kier molecular flexibility index (Phi) is 5.62. The highest BCUT2D eigenvalue weighted by atomic mass is 19.3. The maximum absolute atomic E-state index is 12.1. The molecule has 0 aliphatic rings. The molecule has 0 bridgehead atoms.